The Morgan fingerprint density at radius 2 is 1.67 bits per heavy atom. The lowest BCUT2D eigenvalue weighted by Crippen LogP contribution is -2.47. The predicted octanol–water partition coefficient (Wildman–Crippen LogP) is 2.39. The SMILES string of the molecule is O=C(CN(CCN1CCOCC1)C(=O)c1ccc2c(c1)OCO2)N1CCCN(c2ccc(-c3ccccc3)nn2)CC1. The Labute approximate surface area is 245 Å². The Kier molecular flexibility index (Phi) is 8.76. The number of carbonyl (C=O) groups is 2. The molecule has 2 aromatic carbocycles. The summed E-state index contributed by atoms with van der Waals surface area (Å²) in [7, 11) is 0. The zero-order valence-electron chi connectivity index (χ0n) is 23.7. The number of nitrogens with zero attached hydrogens (tertiary/aromatic N) is 6. The molecule has 0 aliphatic carbocycles. The first kappa shape index (κ1) is 27.9. The predicted molar refractivity (Wildman–Crippen MR) is 157 cm³/mol. The summed E-state index contributed by atoms with van der Waals surface area (Å²) in [5.74, 6) is 1.72. The van der Waals surface area contributed by atoms with E-state index in [1.165, 1.54) is 0 Å². The number of amides is 2. The van der Waals surface area contributed by atoms with Crippen molar-refractivity contribution in [2.75, 3.05) is 83.8 Å². The Hall–Kier alpha value is -4.22. The van der Waals surface area contributed by atoms with Crippen molar-refractivity contribution in [3.05, 3.63) is 66.2 Å². The van der Waals surface area contributed by atoms with Gasteiger partial charge in [0.1, 0.15) is 6.54 Å². The Balaban J connectivity index is 1.10. The minimum absolute atomic E-state index is 0.0171. The van der Waals surface area contributed by atoms with Crippen molar-refractivity contribution in [3.63, 3.8) is 0 Å². The van der Waals surface area contributed by atoms with E-state index in [0.29, 0.717) is 63.0 Å². The van der Waals surface area contributed by atoms with Crippen LogP contribution in [0, 0.1) is 0 Å². The molecule has 0 N–H and O–H groups in total. The fraction of sp³-hybridized carbons (Fsp3) is 0.419. The first-order chi connectivity index (χ1) is 20.6. The lowest BCUT2D eigenvalue weighted by atomic mass is 10.1. The molecule has 4 heterocycles. The van der Waals surface area contributed by atoms with Gasteiger partial charge in [0.15, 0.2) is 17.3 Å². The van der Waals surface area contributed by atoms with Gasteiger partial charge in [0, 0.05) is 63.5 Å². The van der Waals surface area contributed by atoms with Gasteiger partial charge in [-0.2, -0.15) is 0 Å². The van der Waals surface area contributed by atoms with Gasteiger partial charge in [0.25, 0.3) is 5.91 Å². The van der Waals surface area contributed by atoms with Crippen molar-refractivity contribution in [3.8, 4) is 22.8 Å². The molecular formula is C31H36N6O5. The number of carbonyl (C=O) groups excluding carboxylic acids is 2. The zero-order chi connectivity index (χ0) is 28.7. The molecule has 6 rings (SSSR count). The first-order valence-electron chi connectivity index (χ1n) is 14.5. The van der Waals surface area contributed by atoms with Crippen LogP contribution in [0.4, 0.5) is 5.82 Å². The first-order valence-corrected chi connectivity index (χ1v) is 14.5. The molecule has 0 bridgehead atoms. The highest BCUT2D eigenvalue weighted by molar-refractivity contribution is 5.97. The van der Waals surface area contributed by atoms with Crippen LogP contribution in [0.1, 0.15) is 16.8 Å². The number of rotatable bonds is 8. The van der Waals surface area contributed by atoms with Crippen LogP contribution in [-0.2, 0) is 9.53 Å². The van der Waals surface area contributed by atoms with Gasteiger partial charge in [-0.3, -0.25) is 14.5 Å². The van der Waals surface area contributed by atoms with E-state index in [-0.39, 0.29) is 25.2 Å². The third-order valence-electron chi connectivity index (χ3n) is 7.92. The van der Waals surface area contributed by atoms with Gasteiger partial charge in [0.05, 0.1) is 18.9 Å². The van der Waals surface area contributed by atoms with Gasteiger partial charge < -0.3 is 28.9 Å². The van der Waals surface area contributed by atoms with Gasteiger partial charge in [-0.25, -0.2) is 0 Å². The van der Waals surface area contributed by atoms with Crippen LogP contribution in [0.3, 0.4) is 0 Å². The van der Waals surface area contributed by atoms with Crippen LogP contribution in [0.2, 0.25) is 0 Å². The lowest BCUT2D eigenvalue weighted by molar-refractivity contribution is -0.131. The summed E-state index contributed by atoms with van der Waals surface area (Å²) in [6.45, 7) is 6.88. The van der Waals surface area contributed by atoms with Crippen molar-refractivity contribution in [1.29, 1.82) is 0 Å². The van der Waals surface area contributed by atoms with E-state index in [2.05, 4.69) is 20.0 Å². The van der Waals surface area contributed by atoms with E-state index in [1.807, 2.05) is 47.4 Å². The second-order valence-corrected chi connectivity index (χ2v) is 10.6. The van der Waals surface area contributed by atoms with E-state index < -0.39 is 0 Å². The van der Waals surface area contributed by atoms with E-state index >= 15 is 0 Å². The van der Waals surface area contributed by atoms with Crippen molar-refractivity contribution < 1.29 is 23.8 Å². The molecule has 1 aromatic heterocycles. The molecule has 3 aromatic rings. The highest BCUT2D eigenvalue weighted by Crippen LogP contribution is 2.33. The largest absolute Gasteiger partial charge is 0.454 e. The second kappa shape index (κ2) is 13.2. The molecule has 220 valence electrons. The standard InChI is InChI=1S/C31H36N6O5/c38-30(36-12-4-11-35(15-16-36)29-10-8-26(32-33-29)24-5-2-1-3-6-24)22-37(14-13-34-17-19-40-20-18-34)31(39)25-7-9-27-28(21-25)42-23-41-27/h1-3,5-10,21H,4,11-20,22-23H2. The number of fused-ring (bicyclic) bond motifs is 1. The van der Waals surface area contributed by atoms with Crippen LogP contribution in [0.25, 0.3) is 11.3 Å². The monoisotopic (exact) mass is 572 g/mol. The van der Waals surface area contributed by atoms with Crippen molar-refractivity contribution in [2.24, 2.45) is 0 Å². The molecule has 42 heavy (non-hydrogen) atoms. The van der Waals surface area contributed by atoms with Crippen molar-refractivity contribution >= 4 is 17.6 Å². The van der Waals surface area contributed by atoms with Gasteiger partial charge in [0.2, 0.25) is 12.7 Å². The Morgan fingerprint density at radius 1 is 0.833 bits per heavy atom. The topological polar surface area (TPSA) is 101 Å². The molecule has 0 atom stereocenters. The highest BCUT2D eigenvalue weighted by Gasteiger charge is 2.27. The van der Waals surface area contributed by atoms with Crippen LogP contribution < -0.4 is 14.4 Å². The van der Waals surface area contributed by atoms with E-state index in [9.17, 15) is 9.59 Å². The van der Waals surface area contributed by atoms with Gasteiger partial charge in [-0.15, -0.1) is 10.2 Å². The zero-order valence-corrected chi connectivity index (χ0v) is 23.7. The molecule has 3 aliphatic rings. The van der Waals surface area contributed by atoms with Crippen LogP contribution in [0.5, 0.6) is 11.5 Å². The summed E-state index contributed by atoms with van der Waals surface area (Å²) in [5.41, 5.74) is 2.33. The summed E-state index contributed by atoms with van der Waals surface area (Å²) in [4.78, 5) is 35.2. The maximum Gasteiger partial charge on any atom is 0.254 e. The molecule has 3 aliphatic heterocycles. The van der Waals surface area contributed by atoms with E-state index in [4.69, 9.17) is 14.2 Å². The van der Waals surface area contributed by atoms with Crippen LogP contribution in [0.15, 0.2) is 60.7 Å². The number of anilines is 1. The molecule has 2 amide bonds. The fourth-order valence-corrected chi connectivity index (χ4v) is 5.47. The van der Waals surface area contributed by atoms with Gasteiger partial charge >= 0.3 is 0 Å². The fourth-order valence-electron chi connectivity index (χ4n) is 5.47. The third kappa shape index (κ3) is 6.63. The Morgan fingerprint density at radius 3 is 2.48 bits per heavy atom. The average molecular weight is 573 g/mol. The minimum Gasteiger partial charge on any atom is -0.454 e. The summed E-state index contributed by atoms with van der Waals surface area (Å²) < 4.78 is 16.4. The molecule has 0 saturated carbocycles. The summed E-state index contributed by atoms with van der Waals surface area (Å²) >= 11 is 0. The number of aromatic nitrogens is 2. The van der Waals surface area contributed by atoms with E-state index in [1.54, 1.807) is 23.1 Å². The van der Waals surface area contributed by atoms with Crippen molar-refractivity contribution in [2.45, 2.75) is 6.42 Å². The van der Waals surface area contributed by atoms with Gasteiger partial charge in [-0.1, -0.05) is 30.3 Å². The average Bonchev–Trinajstić information content (AvgIpc) is 3.38. The van der Waals surface area contributed by atoms with E-state index in [0.717, 1.165) is 43.1 Å². The highest BCUT2D eigenvalue weighted by atomic mass is 16.7. The number of hydrogen-bond donors (Lipinski definition) is 0. The normalized spacial score (nSPS) is 17.1. The molecule has 11 heteroatoms. The minimum atomic E-state index is -0.194. The number of morpholine rings is 1. The second-order valence-electron chi connectivity index (χ2n) is 10.6. The van der Waals surface area contributed by atoms with Crippen LogP contribution >= 0.6 is 0 Å². The molecule has 0 spiro atoms. The molecule has 11 nitrogen and oxygen atoms in total. The summed E-state index contributed by atoms with van der Waals surface area (Å²) in [6, 6.07) is 19.1. The maximum atomic E-state index is 13.7. The number of benzene rings is 2. The quantitative estimate of drug-likeness (QED) is 0.403. The maximum absolute atomic E-state index is 13.7. The molecule has 2 fully saturated rings. The van der Waals surface area contributed by atoms with Crippen LogP contribution in [-0.4, -0.2) is 116 Å². The Bertz CT molecular complexity index is 1370. The molecule has 2 saturated heterocycles. The number of hydrogen-bond acceptors (Lipinski definition) is 9. The third-order valence-corrected chi connectivity index (χ3v) is 7.92. The van der Waals surface area contributed by atoms with Gasteiger partial charge in [-0.05, 0) is 36.8 Å². The summed E-state index contributed by atoms with van der Waals surface area (Å²) in [6.07, 6.45) is 0.803. The molecule has 0 radical (unpaired) electrons. The smallest absolute Gasteiger partial charge is 0.254 e. The number of ether oxygens (including phenoxy) is 3. The molecule has 0 unspecified atom stereocenters. The lowest BCUT2D eigenvalue weighted by Gasteiger charge is -2.31. The molecular weight excluding hydrogens is 536 g/mol. The summed E-state index contributed by atoms with van der Waals surface area (Å²) in [5, 5.41) is 8.91. The van der Waals surface area contributed by atoms with Crippen molar-refractivity contribution in [1.82, 2.24) is 24.9 Å².